The Balaban J connectivity index is 2.48. The fourth-order valence-electron chi connectivity index (χ4n) is 2.42. The number of anilines is 1. The molecule has 0 aliphatic heterocycles. The number of hydrogen-bond donors (Lipinski definition) is 2. The summed E-state index contributed by atoms with van der Waals surface area (Å²) < 4.78 is 27.8. The molecule has 2 rings (SSSR count). The molecule has 10 heteroatoms. The molecule has 0 unspecified atom stereocenters. The minimum absolute atomic E-state index is 0.0503. The molecular formula is C17H18ClN3O5S. The summed E-state index contributed by atoms with van der Waals surface area (Å²) in [6.07, 6.45) is 0. The zero-order valence-electron chi connectivity index (χ0n) is 14.8. The maximum atomic E-state index is 12.8. The van der Waals surface area contributed by atoms with Gasteiger partial charge in [0, 0.05) is 17.7 Å². The van der Waals surface area contributed by atoms with Crippen molar-refractivity contribution in [1.82, 2.24) is 5.32 Å². The number of aryl methyl sites for hydroxylation is 1. The number of carbonyl (C=O) groups excluding carboxylic acids is 1. The molecule has 2 aromatic carbocycles. The van der Waals surface area contributed by atoms with Crippen molar-refractivity contribution in [3.8, 4) is 0 Å². The lowest BCUT2D eigenvalue weighted by molar-refractivity contribution is -0.387. The van der Waals surface area contributed by atoms with Gasteiger partial charge in [0.05, 0.1) is 15.6 Å². The first-order valence-corrected chi connectivity index (χ1v) is 9.76. The molecule has 0 atom stereocenters. The maximum absolute atomic E-state index is 12.8. The van der Waals surface area contributed by atoms with Crippen molar-refractivity contribution in [2.75, 3.05) is 4.72 Å². The molecule has 144 valence electrons. The van der Waals surface area contributed by atoms with Crippen LogP contribution in [0.25, 0.3) is 0 Å². The molecular weight excluding hydrogens is 394 g/mol. The lowest BCUT2D eigenvalue weighted by Crippen LogP contribution is -2.30. The molecule has 0 aromatic heterocycles. The Morgan fingerprint density at radius 1 is 1.22 bits per heavy atom. The SMILES string of the molecule is Cc1cccc([N+](=O)[O-])c1S(=O)(=O)Nc1cc(C(=O)NC(C)C)ccc1Cl. The number of rotatable bonds is 6. The number of nitrogens with zero attached hydrogens (tertiary/aromatic N) is 1. The van der Waals surface area contributed by atoms with E-state index in [-0.39, 0.29) is 27.9 Å². The van der Waals surface area contributed by atoms with Gasteiger partial charge in [-0.3, -0.25) is 19.6 Å². The molecule has 0 saturated heterocycles. The summed E-state index contributed by atoms with van der Waals surface area (Å²) in [6, 6.07) is 7.96. The van der Waals surface area contributed by atoms with Gasteiger partial charge in [-0.2, -0.15) is 0 Å². The molecule has 0 aliphatic rings. The van der Waals surface area contributed by atoms with Gasteiger partial charge in [0.2, 0.25) is 0 Å². The second-order valence-corrected chi connectivity index (χ2v) is 8.14. The van der Waals surface area contributed by atoms with E-state index in [1.807, 2.05) is 0 Å². The van der Waals surface area contributed by atoms with Crippen LogP contribution >= 0.6 is 11.6 Å². The Kier molecular flexibility index (Phi) is 6.07. The Bertz CT molecular complexity index is 1010. The summed E-state index contributed by atoms with van der Waals surface area (Å²) in [5, 5.41) is 14.0. The van der Waals surface area contributed by atoms with Crippen LogP contribution in [0.5, 0.6) is 0 Å². The van der Waals surface area contributed by atoms with E-state index in [1.165, 1.54) is 37.3 Å². The van der Waals surface area contributed by atoms with Crippen LogP contribution in [0.15, 0.2) is 41.3 Å². The molecule has 0 saturated carbocycles. The number of amides is 1. The summed E-state index contributed by atoms with van der Waals surface area (Å²) in [5.41, 5.74) is -0.190. The normalized spacial score (nSPS) is 11.3. The predicted molar refractivity (Wildman–Crippen MR) is 103 cm³/mol. The van der Waals surface area contributed by atoms with Gasteiger partial charge in [-0.25, -0.2) is 8.42 Å². The number of nitrogens with one attached hydrogen (secondary N) is 2. The second-order valence-electron chi connectivity index (χ2n) is 6.11. The molecule has 1 amide bonds. The minimum atomic E-state index is -4.32. The fraction of sp³-hybridized carbons (Fsp3) is 0.235. The first kappa shape index (κ1) is 20.7. The molecule has 0 fully saturated rings. The first-order chi connectivity index (χ1) is 12.5. The number of halogens is 1. The highest BCUT2D eigenvalue weighted by atomic mass is 35.5. The van der Waals surface area contributed by atoms with E-state index in [0.29, 0.717) is 0 Å². The van der Waals surface area contributed by atoms with Crippen LogP contribution in [0.2, 0.25) is 5.02 Å². The van der Waals surface area contributed by atoms with E-state index in [2.05, 4.69) is 10.0 Å². The summed E-state index contributed by atoms with van der Waals surface area (Å²) in [5.74, 6) is -0.399. The molecule has 0 bridgehead atoms. The number of benzene rings is 2. The van der Waals surface area contributed by atoms with Gasteiger partial charge in [-0.15, -0.1) is 0 Å². The zero-order chi connectivity index (χ0) is 20.4. The largest absolute Gasteiger partial charge is 0.350 e. The summed E-state index contributed by atoms with van der Waals surface area (Å²) in [6.45, 7) is 5.03. The standard InChI is InChI=1S/C17H18ClN3O5S/c1-10(2)19-17(22)12-7-8-13(18)14(9-12)20-27(25,26)16-11(3)5-4-6-15(16)21(23)24/h4-10,20H,1-3H3,(H,19,22). The third-order valence-corrected chi connectivity index (χ3v) is 5.44. The Hall–Kier alpha value is -2.65. The molecule has 8 nitrogen and oxygen atoms in total. The number of hydrogen-bond acceptors (Lipinski definition) is 5. The number of sulfonamides is 1. The fourth-order valence-corrected chi connectivity index (χ4v) is 4.11. The van der Waals surface area contributed by atoms with Gasteiger partial charge in [-0.1, -0.05) is 23.7 Å². The number of nitro groups is 1. The van der Waals surface area contributed by atoms with Crippen LogP contribution in [-0.4, -0.2) is 25.3 Å². The van der Waals surface area contributed by atoms with Crippen molar-refractivity contribution in [3.05, 3.63) is 62.7 Å². The summed E-state index contributed by atoms with van der Waals surface area (Å²) >= 11 is 6.05. The quantitative estimate of drug-likeness (QED) is 0.557. The third kappa shape index (κ3) is 4.75. The van der Waals surface area contributed by atoms with Crippen LogP contribution in [0.1, 0.15) is 29.8 Å². The van der Waals surface area contributed by atoms with Gasteiger partial charge in [0.25, 0.3) is 21.6 Å². The average molecular weight is 412 g/mol. The van der Waals surface area contributed by atoms with Crippen molar-refractivity contribution >= 4 is 38.9 Å². The van der Waals surface area contributed by atoms with Crippen molar-refractivity contribution in [2.24, 2.45) is 0 Å². The van der Waals surface area contributed by atoms with E-state index in [0.717, 1.165) is 6.07 Å². The Labute approximate surface area is 161 Å². The summed E-state index contributed by atoms with van der Waals surface area (Å²) in [7, 11) is -4.32. The second kappa shape index (κ2) is 7.93. The first-order valence-electron chi connectivity index (χ1n) is 7.90. The van der Waals surface area contributed by atoms with Gasteiger partial charge in [0.15, 0.2) is 4.90 Å². The number of carbonyl (C=O) groups is 1. The van der Waals surface area contributed by atoms with E-state index < -0.39 is 31.4 Å². The predicted octanol–water partition coefficient (Wildman–Crippen LogP) is 3.50. The van der Waals surface area contributed by atoms with Crippen molar-refractivity contribution in [3.63, 3.8) is 0 Å². The zero-order valence-corrected chi connectivity index (χ0v) is 16.4. The molecule has 0 aliphatic carbocycles. The molecule has 2 N–H and O–H groups in total. The van der Waals surface area contributed by atoms with E-state index in [9.17, 15) is 23.3 Å². The molecule has 27 heavy (non-hydrogen) atoms. The highest BCUT2D eigenvalue weighted by Crippen LogP contribution is 2.31. The van der Waals surface area contributed by atoms with Crippen molar-refractivity contribution < 1.29 is 18.1 Å². The van der Waals surface area contributed by atoms with Crippen molar-refractivity contribution in [2.45, 2.75) is 31.7 Å². The van der Waals surface area contributed by atoms with Gasteiger partial charge >= 0.3 is 0 Å². The van der Waals surface area contributed by atoms with Crippen LogP contribution in [-0.2, 0) is 10.0 Å². The van der Waals surface area contributed by atoms with Crippen LogP contribution in [0.3, 0.4) is 0 Å². The lowest BCUT2D eigenvalue weighted by Gasteiger charge is -2.14. The monoisotopic (exact) mass is 411 g/mol. The van der Waals surface area contributed by atoms with Crippen LogP contribution < -0.4 is 10.0 Å². The Morgan fingerprint density at radius 3 is 2.48 bits per heavy atom. The lowest BCUT2D eigenvalue weighted by atomic mass is 10.2. The van der Waals surface area contributed by atoms with Crippen LogP contribution in [0.4, 0.5) is 11.4 Å². The summed E-state index contributed by atoms with van der Waals surface area (Å²) in [4.78, 5) is 22.1. The van der Waals surface area contributed by atoms with E-state index in [1.54, 1.807) is 13.8 Å². The van der Waals surface area contributed by atoms with Gasteiger partial charge < -0.3 is 5.32 Å². The third-order valence-electron chi connectivity index (χ3n) is 3.55. The van der Waals surface area contributed by atoms with E-state index in [4.69, 9.17) is 11.6 Å². The van der Waals surface area contributed by atoms with E-state index >= 15 is 0 Å². The minimum Gasteiger partial charge on any atom is -0.350 e. The Morgan fingerprint density at radius 2 is 1.89 bits per heavy atom. The highest BCUT2D eigenvalue weighted by molar-refractivity contribution is 7.93. The molecule has 0 heterocycles. The van der Waals surface area contributed by atoms with Crippen LogP contribution in [0, 0.1) is 17.0 Å². The van der Waals surface area contributed by atoms with Gasteiger partial charge in [-0.05, 0) is 44.5 Å². The topological polar surface area (TPSA) is 118 Å². The van der Waals surface area contributed by atoms with Crippen molar-refractivity contribution in [1.29, 1.82) is 0 Å². The molecule has 0 spiro atoms. The maximum Gasteiger partial charge on any atom is 0.290 e. The van der Waals surface area contributed by atoms with Gasteiger partial charge in [0.1, 0.15) is 0 Å². The average Bonchev–Trinajstić information content (AvgIpc) is 2.55. The number of nitro benzene ring substituents is 1. The molecule has 2 aromatic rings. The highest BCUT2D eigenvalue weighted by Gasteiger charge is 2.28. The smallest absolute Gasteiger partial charge is 0.290 e. The molecule has 0 radical (unpaired) electrons.